The van der Waals surface area contributed by atoms with Crippen LogP contribution in [0, 0.1) is 5.82 Å². The van der Waals surface area contributed by atoms with E-state index < -0.39 is 29.3 Å². The van der Waals surface area contributed by atoms with E-state index in [-0.39, 0.29) is 16.3 Å². The smallest absolute Gasteiger partial charge is 0.301 e. The standard InChI is InChI=1S/C36H32FN3O5S2/c1-3-5-19-45-28-18-15-24(20-29(28)44-4-2)31-30(32(41)23-13-16-26(37)17-14-23)33(42)34(43)40(31)35-38-39-36(47-35)46-21-25-11-8-10-22-9-6-7-12-27(22)25/h6-18,20,31,41H,3-5,19,21H2,1-2H3. The first-order valence-electron chi connectivity index (χ1n) is 15.3. The molecular weight excluding hydrogens is 638 g/mol. The number of unbranched alkanes of at least 4 members (excludes halogenated alkanes) is 1. The van der Waals surface area contributed by atoms with Crippen LogP contribution in [0.4, 0.5) is 9.52 Å². The van der Waals surface area contributed by atoms with Crippen molar-refractivity contribution in [1.82, 2.24) is 10.2 Å². The number of halogens is 1. The van der Waals surface area contributed by atoms with Crippen molar-refractivity contribution in [3.05, 3.63) is 113 Å². The minimum Gasteiger partial charge on any atom is -0.507 e. The van der Waals surface area contributed by atoms with E-state index in [0.717, 1.165) is 29.2 Å². The molecule has 1 aliphatic heterocycles. The van der Waals surface area contributed by atoms with Crippen LogP contribution in [0.15, 0.2) is 94.8 Å². The summed E-state index contributed by atoms with van der Waals surface area (Å²) in [5.41, 5.74) is 1.68. The van der Waals surface area contributed by atoms with E-state index in [0.29, 0.717) is 40.4 Å². The molecule has 4 aromatic carbocycles. The Hall–Kier alpha value is -4.74. The van der Waals surface area contributed by atoms with Gasteiger partial charge in [0.2, 0.25) is 5.13 Å². The molecule has 240 valence electrons. The van der Waals surface area contributed by atoms with Crippen LogP contribution in [0.1, 0.15) is 49.4 Å². The van der Waals surface area contributed by atoms with Crippen LogP contribution in [0.5, 0.6) is 11.5 Å². The predicted octanol–water partition coefficient (Wildman–Crippen LogP) is 8.33. The van der Waals surface area contributed by atoms with Crippen molar-refractivity contribution in [2.45, 2.75) is 42.8 Å². The first-order chi connectivity index (χ1) is 22.9. The predicted molar refractivity (Wildman–Crippen MR) is 183 cm³/mol. The van der Waals surface area contributed by atoms with Crippen LogP contribution in [0.3, 0.4) is 0 Å². The maximum absolute atomic E-state index is 13.7. The van der Waals surface area contributed by atoms with Crippen molar-refractivity contribution < 1.29 is 28.6 Å². The van der Waals surface area contributed by atoms with Gasteiger partial charge >= 0.3 is 5.91 Å². The van der Waals surface area contributed by atoms with E-state index in [9.17, 15) is 19.1 Å². The molecule has 2 heterocycles. The van der Waals surface area contributed by atoms with Crippen LogP contribution in [-0.2, 0) is 15.3 Å². The number of benzene rings is 4. The van der Waals surface area contributed by atoms with Crippen molar-refractivity contribution in [3.8, 4) is 11.5 Å². The molecule has 0 spiro atoms. The summed E-state index contributed by atoms with van der Waals surface area (Å²) in [4.78, 5) is 28.6. The Morgan fingerprint density at radius 3 is 2.53 bits per heavy atom. The van der Waals surface area contributed by atoms with E-state index in [1.54, 1.807) is 18.2 Å². The summed E-state index contributed by atoms with van der Waals surface area (Å²) in [5, 5.41) is 22.6. The van der Waals surface area contributed by atoms with Gasteiger partial charge in [-0.15, -0.1) is 10.2 Å². The zero-order valence-electron chi connectivity index (χ0n) is 25.8. The SMILES string of the molecule is CCCCOc1ccc(C2C(=C(O)c3ccc(F)cc3)C(=O)C(=O)N2c2nnc(SCc3cccc4ccccc34)s2)cc1OCC. The van der Waals surface area contributed by atoms with Gasteiger partial charge in [0, 0.05) is 11.3 Å². The van der Waals surface area contributed by atoms with Gasteiger partial charge in [0.1, 0.15) is 11.6 Å². The summed E-state index contributed by atoms with van der Waals surface area (Å²) < 4.78 is 26.2. The molecule has 0 saturated carbocycles. The molecule has 11 heteroatoms. The second-order valence-electron chi connectivity index (χ2n) is 10.8. The summed E-state index contributed by atoms with van der Waals surface area (Å²) in [5.74, 6) is -1.08. The maximum atomic E-state index is 13.7. The Kier molecular flexibility index (Phi) is 9.84. The molecule has 1 N–H and O–H groups in total. The van der Waals surface area contributed by atoms with Gasteiger partial charge in [-0.25, -0.2) is 4.39 Å². The van der Waals surface area contributed by atoms with Gasteiger partial charge in [0.15, 0.2) is 15.8 Å². The average Bonchev–Trinajstić information content (AvgIpc) is 3.66. The number of aromatic nitrogens is 2. The zero-order chi connectivity index (χ0) is 32.9. The van der Waals surface area contributed by atoms with E-state index in [2.05, 4.69) is 41.4 Å². The number of carbonyl (C=O) groups excluding carboxylic acids is 2. The largest absolute Gasteiger partial charge is 0.507 e. The molecule has 1 amide bonds. The monoisotopic (exact) mass is 669 g/mol. The van der Waals surface area contributed by atoms with E-state index >= 15 is 0 Å². The highest BCUT2D eigenvalue weighted by molar-refractivity contribution is 8.00. The van der Waals surface area contributed by atoms with Gasteiger partial charge in [-0.2, -0.15) is 0 Å². The summed E-state index contributed by atoms with van der Waals surface area (Å²) in [6, 6.07) is 23.5. The Bertz CT molecular complexity index is 1950. The number of aliphatic hydroxyl groups excluding tert-OH is 1. The molecule has 1 unspecified atom stereocenters. The van der Waals surface area contributed by atoms with Crippen molar-refractivity contribution in [1.29, 1.82) is 0 Å². The van der Waals surface area contributed by atoms with E-state index in [1.165, 1.54) is 52.3 Å². The van der Waals surface area contributed by atoms with Crippen molar-refractivity contribution in [2.75, 3.05) is 18.1 Å². The molecule has 1 aliphatic rings. The molecule has 1 atom stereocenters. The molecule has 1 aromatic heterocycles. The van der Waals surface area contributed by atoms with Gasteiger partial charge in [0.25, 0.3) is 5.78 Å². The van der Waals surface area contributed by atoms with Gasteiger partial charge in [0.05, 0.1) is 24.8 Å². The molecule has 47 heavy (non-hydrogen) atoms. The van der Waals surface area contributed by atoms with Crippen LogP contribution < -0.4 is 14.4 Å². The number of Topliss-reactive ketones (excluding diaryl/α,β-unsaturated/α-hetero) is 1. The number of rotatable bonds is 12. The van der Waals surface area contributed by atoms with Crippen LogP contribution in [-0.4, -0.2) is 40.2 Å². The van der Waals surface area contributed by atoms with E-state index in [4.69, 9.17) is 9.47 Å². The van der Waals surface area contributed by atoms with Gasteiger partial charge < -0.3 is 14.6 Å². The molecule has 1 fully saturated rings. The lowest BCUT2D eigenvalue weighted by Crippen LogP contribution is -2.29. The summed E-state index contributed by atoms with van der Waals surface area (Å²) in [6.45, 7) is 4.78. The maximum Gasteiger partial charge on any atom is 0.301 e. The fraction of sp³-hybridized carbons (Fsp3) is 0.222. The Morgan fingerprint density at radius 2 is 1.74 bits per heavy atom. The molecule has 0 aliphatic carbocycles. The molecule has 0 bridgehead atoms. The van der Waals surface area contributed by atoms with Crippen molar-refractivity contribution in [3.63, 3.8) is 0 Å². The number of ether oxygens (including phenoxy) is 2. The number of nitrogens with zero attached hydrogens (tertiary/aromatic N) is 3. The van der Waals surface area contributed by atoms with Gasteiger partial charge in [-0.1, -0.05) is 85.0 Å². The highest BCUT2D eigenvalue weighted by Crippen LogP contribution is 2.46. The third-order valence-electron chi connectivity index (χ3n) is 7.73. The Balaban J connectivity index is 1.39. The molecular formula is C36H32FN3O5S2. The quantitative estimate of drug-likeness (QED) is 0.0353. The second kappa shape index (κ2) is 14.4. The van der Waals surface area contributed by atoms with Crippen molar-refractivity contribution in [2.24, 2.45) is 0 Å². The highest BCUT2D eigenvalue weighted by Gasteiger charge is 2.48. The number of hydrogen-bond acceptors (Lipinski definition) is 9. The van der Waals surface area contributed by atoms with Crippen LogP contribution >= 0.6 is 23.1 Å². The Labute approximate surface area is 279 Å². The van der Waals surface area contributed by atoms with Crippen LogP contribution in [0.2, 0.25) is 0 Å². The minimum absolute atomic E-state index is 0.149. The molecule has 1 saturated heterocycles. The molecule has 0 radical (unpaired) electrons. The van der Waals surface area contributed by atoms with Crippen LogP contribution in [0.25, 0.3) is 16.5 Å². The summed E-state index contributed by atoms with van der Waals surface area (Å²) in [7, 11) is 0. The average molecular weight is 670 g/mol. The lowest BCUT2D eigenvalue weighted by Gasteiger charge is -2.23. The number of fused-ring (bicyclic) bond motifs is 1. The van der Waals surface area contributed by atoms with Gasteiger partial charge in [-0.05, 0) is 71.6 Å². The summed E-state index contributed by atoms with van der Waals surface area (Å²) in [6.07, 6.45) is 1.83. The normalized spacial score (nSPS) is 15.8. The Morgan fingerprint density at radius 1 is 0.957 bits per heavy atom. The lowest BCUT2D eigenvalue weighted by molar-refractivity contribution is -0.132. The molecule has 6 rings (SSSR count). The first-order valence-corrected chi connectivity index (χ1v) is 17.1. The second-order valence-corrected chi connectivity index (χ2v) is 13.0. The van der Waals surface area contributed by atoms with Crippen molar-refractivity contribution >= 4 is 56.5 Å². The fourth-order valence-electron chi connectivity index (χ4n) is 5.43. The highest BCUT2D eigenvalue weighted by atomic mass is 32.2. The number of carbonyl (C=O) groups is 2. The lowest BCUT2D eigenvalue weighted by atomic mass is 9.95. The third kappa shape index (κ3) is 6.72. The summed E-state index contributed by atoms with van der Waals surface area (Å²) >= 11 is 2.67. The fourth-order valence-corrected chi connectivity index (χ4v) is 7.30. The van der Waals surface area contributed by atoms with Gasteiger partial charge in [-0.3, -0.25) is 14.5 Å². The topological polar surface area (TPSA) is 102 Å². The minimum atomic E-state index is -1.06. The number of amides is 1. The zero-order valence-corrected chi connectivity index (χ0v) is 27.4. The third-order valence-corrected chi connectivity index (χ3v) is 9.84. The number of thioether (sulfide) groups is 1. The number of ketones is 1. The number of anilines is 1. The molecule has 8 nitrogen and oxygen atoms in total. The van der Waals surface area contributed by atoms with E-state index in [1.807, 2.05) is 25.1 Å². The number of aliphatic hydroxyl groups is 1. The number of hydrogen-bond donors (Lipinski definition) is 1. The first kappa shape index (κ1) is 32.2. The molecule has 5 aromatic rings.